The second-order valence-electron chi connectivity index (χ2n) is 2.54. The monoisotopic (exact) mass is 253 g/mol. The lowest BCUT2D eigenvalue weighted by Gasteiger charge is -2.07. The fourth-order valence-electron chi connectivity index (χ4n) is 1.00. The lowest BCUT2D eigenvalue weighted by atomic mass is 10.1. The summed E-state index contributed by atoms with van der Waals surface area (Å²) in [6.45, 7) is 1.50. The second kappa shape index (κ2) is 4.09. The summed E-state index contributed by atoms with van der Waals surface area (Å²) in [4.78, 5) is 3.49. The molecule has 0 fully saturated rings. The molecule has 1 nitrogen and oxygen atoms in total. The normalized spacial score (nSPS) is 10.9. The average Bonchev–Trinajstić information content (AvgIpc) is 2.08. The van der Waals surface area contributed by atoms with Crippen LogP contribution in [0.25, 0.3) is 0 Å². The molecule has 0 bridgehead atoms. The van der Waals surface area contributed by atoms with E-state index in [-0.39, 0.29) is 10.9 Å². The first-order chi connectivity index (χ1) is 6.06. The molecule has 0 atom stereocenters. The summed E-state index contributed by atoms with van der Waals surface area (Å²) in [6, 6.07) is 0.770. The van der Waals surface area contributed by atoms with Crippen LogP contribution >= 0.6 is 15.9 Å². The van der Waals surface area contributed by atoms with Gasteiger partial charge in [0.1, 0.15) is 0 Å². The number of halogens is 4. The second-order valence-corrected chi connectivity index (χ2v) is 3.10. The Kier molecular flexibility index (Phi) is 3.30. The summed E-state index contributed by atoms with van der Waals surface area (Å²) < 4.78 is 37.3. The zero-order chi connectivity index (χ0) is 10.0. The van der Waals surface area contributed by atoms with Gasteiger partial charge in [-0.1, -0.05) is 15.9 Å². The highest BCUT2D eigenvalue weighted by molar-refractivity contribution is 9.08. The zero-order valence-electron chi connectivity index (χ0n) is 6.82. The summed E-state index contributed by atoms with van der Waals surface area (Å²) in [7, 11) is 0. The quantitative estimate of drug-likeness (QED) is 0.582. The van der Waals surface area contributed by atoms with Crippen LogP contribution in [-0.2, 0) is 5.33 Å². The van der Waals surface area contributed by atoms with E-state index in [4.69, 9.17) is 0 Å². The molecule has 0 unspecified atom stereocenters. The molecule has 0 amide bonds. The first-order valence-electron chi connectivity index (χ1n) is 3.56. The molecule has 0 N–H and O–H groups in total. The van der Waals surface area contributed by atoms with E-state index in [1.165, 1.54) is 6.92 Å². The highest BCUT2D eigenvalue weighted by Gasteiger charge is 2.15. The minimum atomic E-state index is -2.66. The van der Waals surface area contributed by atoms with Crippen molar-refractivity contribution in [1.82, 2.24) is 4.98 Å². The highest BCUT2D eigenvalue weighted by Crippen LogP contribution is 2.25. The van der Waals surface area contributed by atoms with E-state index < -0.39 is 12.4 Å². The molecule has 1 rings (SSSR count). The Morgan fingerprint density at radius 2 is 2.15 bits per heavy atom. The molecule has 5 heteroatoms. The molecule has 0 saturated carbocycles. The largest absolute Gasteiger partial charge is 0.264 e. The van der Waals surface area contributed by atoms with E-state index in [0.29, 0.717) is 11.3 Å². The van der Waals surface area contributed by atoms with Gasteiger partial charge in [-0.25, -0.2) is 13.8 Å². The third-order valence-corrected chi connectivity index (χ3v) is 2.28. The first-order valence-corrected chi connectivity index (χ1v) is 4.68. The molecule has 0 saturated heterocycles. The van der Waals surface area contributed by atoms with Gasteiger partial charge in [0.2, 0.25) is 5.95 Å². The molecule has 1 aromatic heterocycles. The van der Waals surface area contributed by atoms with Crippen LogP contribution in [0.3, 0.4) is 0 Å². The summed E-state index contributed by atoms with van der Waals surface area (Å²) in [5, 5.41) is 0.274. The van der Waals surface area contributed by atoms with Crippen molar-refractivity contribution in [3.05, 3.63) is 28.8 Å². The number of nitrogens with zero attached hydrogens (tertiary/aromatic N) is 1. The molecule has 1 heterocycles. The van der Waals surface area contributed by atoms with E-state index >= 15 is 0 Å². The Bertz CT molecular complexity index is 315. The van der Waals surface area contributed by atoms with Gasteiger partial charge in [0.05, 0.1) is 5.69 Å². The molecule has 72 valence electrons. The fourth-order valence-corrected chi connectivity index (χ4v) is 1.55. The highest BCUT2D eigenvalue weighted by atomic mass is 79.9. The van der Waals surface area contributed by atoms with Crippen molar-refractivity contribution < 1.29 is 13.2 Å². The van der Waals surface area contributed by atoms with Gasteiger partial charge in [-0.05, 0) is 12.5 Å². The van der Waals surface area contributed by atoms with Crippen molar-refractivity contribution in [2.75, 3.05) is 0 Å². The van der Waals surface area contributed by atoms with E-state index in [0.717, 1.165) is 6.07 Å². The van der Waals surface area contributed by atoms with Gasteiger partial charge in [0, 0.05) is 17.0 Å². The maximum atomic E-state index is 12.7. The van der Waals surface area contributed by atoms with Gasteiger partial charge in [-0.3, -0.25) is 0 Å². The minimum absolute atomic E-state index is 0.274. The van der Waals surface area contributed by atoms with E-state index in [1.807, 2.05) is 0 Å². The summed E-state index contributed by atoms with van der Waals surface area (Å²) >= 11 is 3.05. The van der Waals surface area contributed by atoms with Crippen molar-refractivity contribution >= 4 is 15.9 Å². The fraction of sp³-hybridized carbons (Fsp3) is 0.375. The van der Waals surface area contributed by atoms with Gasteiger partial charge in [0.15, 0.2) is 0 Å². The third-order valence-electron chi connectivity index (χ3n) is 1.74. The molecule has 0 aliphatic carbocycles. The van der Waals surface area contributed by atoms with E-state index in [2.05, 4.69) is 20.9 Å². The van der Waals surface area contributed by atoms with Crippen LogP contribution in [0.15, 0.2) is 6.07 Å². The van der Waals surface area contributed by atoms with Crippen LogP contribution in [0.4, 0.5) is 13.2 Å². The van der Waals surface area contributed by atoms with E-state index in [1.54, 1.807) is 0 Å². The maximum absolute atomic E-state index is 12.7. The van der Waals surface area contributed by atoms with Crippen molar-refractivity contribution in [2.45, 2.75) is 18.7 Å². The Labute approximate surface area is 82.1 Å². The average molecular weight is 254 g/mol. The third kappa shape index (κ3) is 2.21. The molecule has 1 aromatic rings. The smallest absolute Gasteiger partial charge is 0.224 e. The summed E-state index contributed by atoms with van der Waals surface area (Å²) in [5.74, 6) is -0.865. The number of pyridine rings is 1. The molecule has 13 heavy (non-hydrogen) atoms. The maximum Gasteiger partial charge on any atom is 0.264 e. The van der Waals surface area contributed by atoms with Crippen LogP contribution in [0.5, 0.6) is 0 Å². The standard InChI is InChI=1S/C8H7BrF3N/c1-4-5(8(11)12)2-7(10)13-6(4)3-9/h2,8H,3H2,1H3. The molecule has 0 radical (unpaired) electrons. The van der Waals surface area contributed by atoms with Crippen LogP contribution in [-0.4, -0.2) is 4.98 Å². The van der Waals surface area contributed by atoms with Crippen molar-refractivity contribution in [3.8, 4) is 0 Å². The van der Waals surface area contributed by atoms with Gasteiger partial charge in [-0.2, -0.15) is 4.39 Å². The lowest BCUT2D eigenvalue weighted by Crippen LogP contribution is -2.00. The topological polar surface area (TPSA) is 12.9 Å². The van der Waals surface area contributed by atoms with Gasteiger partial charge in [-0.15, -0.1) is 0 Å². The lowest BCUT2D eigenvalue weighted by molar-refractivity contribution is 0.149. The van der Waals surface area contributed by atoms with Crippen LogP contribution in [0, 0.1) is 12.9 Å². The summed E-state index contributed by atoms with van der Waals surface area (Å²) in [6.07, 6.45) is -2.66. The molecule has 0 spiro atoms. The van der Waals surface area contributed by atoms with Gasteiger partial charge < -0.3 is 0 Å². The van der Waals surface area contributed by atoms with Crippen LogP contribution in [0.1, 0.15) is 23.2 Å². The Morgan fingerprint density at radius 3 is 2.62 bits per heavy atom. The number of hydrogen-bond donors (Lipinski definition) is 0. The Balaban J connectivity index is 3.27. The first kappa shape index (κ1) is 10.5. The predicted molar refractivity (Wildman–Crippen MR) is 46.5 cm³/mol. The Morgan fingerprint density at radius 1 is 1.54 bits per heavy atom. The molecule has 0 aliphatic heterocycles. The molecule has 0 aliphatic rings. The minimum Gasteiger partial charge on any atom is -0.224 e. The van der Waals surface area contributed by atoms with Gasteiger partial charge in [0.25, 0.3) is 6.43 Å². The number of aromatic nitrogens is 1. The Hall–Kier alpha value is -0.580. The molecular weight excluding hydrogens is 247 g/mol. The predicted octanol–water partition coefficient (Wildman–Crippen LogP) is 3.36. The zero-order valence-corrected chi connectivity index (χ0v) is 8.41. The number of hydrogen-bond acceptors (Lipinski definition) is 1. The van der Waals surface area contributed by atoms with Crippen LogP contribution < -0.4 is 0 Å². The van der Waals surface area contributed by atoms with Crippen molar-refractivity contribution in [1.29, 1.82) is 0 Å². The molecule has 0 aromatic carbocycles. The number of rotatable bonds is 2. The van der Waals surface area contributed by atoms with Crippen LogP contribution in [0.2, 0.25) is 0 Å². The van der Waals surface area contributed by atoms with E-state index in [9.17, 15) is 13.2 Å². The SMILES string of the molecule is Cc1c(C(F)F)cc(F)nc1CBr. The van der Waals surface area contributed by atoms with Gasteiger partial charge >= 0.3 is 0 Å². The number of alkyl halides is 3. The molecular formula is C8H7BrF3N. The van der Waals surface area contributed by atoms with Crippen molar-refractivity contribution in [3.63, 3.8) is 0 Å². The van der Waals surface area contributed by atoms with Crippen molar-refractivity contribution in [2.24, 2.45) is 0 Å². The summed E-state index contributed by atoms with van der Waals surface area (Å²) in [5.41, 5.74) is 0.366.